The molecule has 0 unspecified atom stereocenters. The molecule has 1 aliphatic rings. The van der Waals surface area contributed by atoms with Crippen molar-refractivity contribution in [3.8, 4) is 0 Å². The summed E-state index contributed by atoms with van der Waals surface area (Å²) in [4.78, 5) is 5.81. The first-order valence-electron chi connectivity index (χ1n) is 5.99. The van der Waals surface area contributed by atoms with Crippen LogP contribution in [0.2, 0.25) is 0 Å². The summed E-state index contributed by atoms with van der Waals surface area (Å²) >= 11 is 0. The van der Waals surface area contributed by atoms with Gasteiger partial charge in [0.2, 0.25) is 0 Å². The van der Waals surface area contributed by atoms with E-state index in [1.54, 1.807) is 0 Å². The maximum Gasteiger partial charge on any atom is 0.0594 e. The van der Waals surface area contributed by atoms with Gasteiger partial charge in [0.1, 0.15) is 0 Å². The molecular weight excluding hydrogens is 214 g/mol. The first-order valence-corrected chi connectivity index (χ1v) is 5.99. The van der Waals surface area contributed by atoms with Gasteiger partial charge in [-0.05, 0) is 18.2 Å². The zero-order valence-electron chi connectivity index (χ0n) is 9.78. The molecule has 90 valence electrons. The average Bonchev–Trinajstić information content (AvgIpc) is 2.74. The molecule has 0 saturated carbocycles. The summed E-state index contributed by atoms with van der Waals surface area (Å²) in [5, 5.41) is 1.12. The Morgan fingerprint density at radius 3 is 2.88 bits per heavy atom. The third kappa shape index (κ3) is 2.14. The largest absolute Gasteiger partial charge is 0.398 e. The quantitative estimate of drug-likeness (QED) is 0.772. The van der Waals surface area contributed by atoms with Gasteiger partial charge in [-0.2, -0.15) is 0 Å². The van der Waals surface area contributed by atoms with E-state index in [0.29, 0.717) is 0 Å². The Hall–Kier alpha value is -1.52. The molecular formula is C13H17N3O. The van der Waals surface area contributed by atoms with Crippen LogP contribution in [0.4, 0.5) is 5.69 Å². The van der Waals surface area contributed by atoms with Crippen LogP contribution in [0.3, 0.4) is 0 Å². The van der Waals surface area contributed by atoms with Crippen molar-refractivity contribution in [1.82, 2.24) is 9.88 Å². The number of nitrogen functional groups attached to an aromatic ring is 1. The smallest absolute Gasteiger partial charge is 0.0594 e. The molecule has 3 N–H and O–H groups in total. The highest BCUT2D eigenvalue weighted by Crippen LogP contribution is 2.22. The fourth-order valence-electron chi connectivity index (χ4n) is 2.32. The monoisotopic (exact) mass is 231 g/mol. The minimum atomic E-state index is 0.836. The number of hydrogen-bond acceptors (Lipinski definition) is 3. The maximum absolute atomic E-state index is 5.95. The van der Waals surface area contributed by atoms with E-state index >= 15 is 0 Å². The van der Waals surface area contributed by atoms with Gasteiger partial charge in [0, 0.05) is 41.9 Å². The Balaban J connectivity index is 1.83. The van der Waals surface area contributed by atoms with E-state index in [1.807, 2.05) is 12.1 Å². The molecule has 0 bridgehead atoms. The van der Waals surface area contributed by atoms with Crippen molar-refractivity contribution in [2.75, 3.05) is 32.0 Å². The van der Waals surface area contributed by atoms with Crippen molar-refractivity contribution in [1.29, 1.82) is 0 Å². The van der Waals surface area contributed by atoms with Gasteiger partial charge in [-0.15, -0.1) is 0 Å². The number of aromatic nitrogens is 1. The zero-order valence-corrected chi connectivity index (χ0v) is 9.78. The van der Waals surface area contributed by atoms with Gasteiger partial charge in [0.15, 0.2) is 0 Å². The van der Waals surface area contributed by atoms with Crippen LogP contribution in [0.25, 0.3) is 10.9 Å². The van der Waals surface area contributed by atoms with Crippen LogP contribution >= 0.6 is 0 Å². The molecule has 3 rings (SSSR count). The molecule has 1 aliphatic heterocycles. The minimum Gasteiger partial charge on any atom is -0.398 e. The second kappa shape index (κ2) is 4.39. The summed E-state index contributed by atoms with van der Waals surface area (Å²) in [6, 6.07) is 8.13. The predicted molar refractivity (Wildman–Crippen MR) is 68.8 cm³/mol. The van der Waals surface area contributed by atoms with Crippen LogP contribution in [0.15, 0.2) is 24.3 Å². The average molecular weight is 231 g/mol. The van der Waals surface area contributed by atoms with Gasteiger partial charge >= 0.3 is 0 Å². The van der Waals surface area contributed by atoms with Crippen molar-refractivity contribution in [2.45, 2.75) is 6.54 Å². The van der Waals surface area contributed by atoms with Gasteiger partial charge in [0.05, 0.1) is 13.2 Å². The van der Waals surface area contributed by atoms with Crippen LogP contribution < -0.4 is 5.73 Å². The molecule has 1 saturated heterocycles. The first kappa shape index (κ1) is 10.6. The SMILES string of the molecule is Nc1cccc2[nH]c(CN3CCOCC3)cc12. The Morgan fingerprint density at radius 2 is 2.12 bits per heavy atom. The molecule has 1 aromatic carbocycles. The standard InChI is InChI=1S/C13H17N3O/c14-12-2-1-3-13-11(12)8-10(15-13)9-16-4-6-17-7-5-16/h1-3,8,15H,4-7,9,14H2. The highest BCUT2D eigenvalue weighted by Gasteiger charge is 2.12. The molecule has 4 nitrogen and oxygen atoms in total. The Labute approximate surface area is 100 Å². The summed E-state index contributed by atoms with van der Waals surface area (Å²) in [7, 11) is 0. The molecule has 0 amide bonds. The van der Waals surface area contributed by atoms with Crippen LogP contribution in [0.5, 0.6) is 0 Å². The van der Waals surface area contributed by atoms with Crippen molar-refractivity contribution >= 4 is 16.6 Å². The maximum atomic E-state index is 5.95. The number of ether oxygens (including phenoxy) is 1. The minimum absolute atomic E-state index is 0.836. The predicted octanol–water partition coefficient (Wildman–Crippen LogP) is 1.58. The molecule has 0 atom stereocenters. The van der Waals surface area contributed by atoms with E-state index in [2.05, 4.69) is 22.0 Å². The number of aromatic amines is 1. The number of hydrogen-bond donors (Lipinski definition) is 2. The van der Waals surface area contributed by atoms with Gasteiger partial charge in [-0.1, -0.05) is 6.07 Å². The van der Waals surface area contributed by atoms with Gasteiger partial charge in [0.25, 0.3) is 0 Å². The number of rotatable bonds is 2. The molecule has 0 radical (unpaired) electrons. The fraction of sp³-hybridized carbons (Fsp3) is 0.385. The number of nitrogens with one attached hydrogen (secondary N) is 1. The lowest BCUT2D eigenvalue weighted by Crippen LogP contribution is -2.35. The Bertz CT molecular complexity index is 514. The summed E-state index contributed by atoms with van der Waals surface area (Å²) in [6.45, 7) is 4.62. The van der Waals surface area contributed by atoms with Gasteiger partial charge < -0.3 is 15.5 Å². The second-order valence-electron chi connectivity index (χ2n) is 4.49. The molecule has 0 aliphatic carbocycles. The lowest BCUT2D eigenvalue weighted by atomic mass is 10.2. The molecule has 17 heavy (non-hydrogen) atoms. The number of H-pyrrole nitrogens is 1. The molecule has 1 aromatic heterocycles. The summed E-state index contributed by atoms with van der Waals surface area (Å²) in [5.41, 5.74) is 9.13. The number of nitrogens with zero attached hydrogens (tertiary/aromatic N) is 1. The highest BCUT2D eigenvalue weighted by molar-refractivity contribution is 5.91. The number of anilines is 1. The molecule has 0 spiro atoms. The Kier molecular flexibility index (Phi) is 2.74. The highest BCUT2D eigenvalue weighted by atomic mass is 16.5. The third-order valence-electron chi connectivity index (χ3n) is 3.25. The van der Waals surface area contributed by atoms with Crippen LogP contribution in [0.1, 0.15) is 5.69 Å². The van der Waals surface area contributed by atoms with Crippen molar-refractivity contribution in [3.05, 3.63) is 30.0 Å². The van der Waals surface area contributed by atoms with E-state index in [9.17, 15) is 0 Å². The summed E-state index contributed by atoms with van der Waals surface area (Å²) in [6.07, 6.45) is 0. The molecule has 2 heterocycles. The van der Waals surface area contributed by atoms with Crippen molar-refractivity contribution in [3.63, 3.8) is 0 Å². The number of benzene rings is 1. The van der Waals surface area contributed by atoms with E-state index in [4.69, 9.17) is 10.5 Å². The molecule has 4 heteroatoms. The van der Waals surface area contributed by atoms with Crippen LogP contribution in [-0.4, -0.2) is 36.2 Å². The van der Waals surface area contributed by atoms with E-state index in [1.165, 1.54) is 5.69 Å². The van der Waals surface area contributed by atoms with Crippen molar-refractivity contribution < 1.29 is 4.74 Å². The summed E-state index contributed by atoms with van der Waals surface area (Å²) in [5.74, 6) is 0. The summed E-state index contributed by atoms with van der Waals surface area (Å²) < 4.78 is 5.34. The van der Waals surface area contributed by atoms with Crippen LogP contribution in [-0.2, 0) is 11.3 Å². The zero-order chi connectivity index (χ0) is 11.7. The lowest BCUT2D eigenvalue weighted by Gasteiger charge is -2.25. The Morgan fingerprint density at radius 1 is 1.29 bits per heavy atom. The lowest BCUT2D eigenvalue weighted by molar-refractivity contribution is 0.0337. The van der Waals surface area contributed by atoms with Gasteiger partial charge in [-0.25, -0.2) is 0 Å². The van der Waals surface area contributed by atoms with Crippen LogP contribution in [0, 0.1) is 0 Å². The van der Waals surface area contributed by atoms with E-state index in [-0.39, 0.29) is 0 Å². The molecule has 1 fully saturated rings. The van der Waals surface area contributed by atoms with E-state index in [0.717, 1.165) is 49.4 Å². The number of fused-ring (bicyclic) bond motifs is 1. The first-order chi connectivity index (χ1) is 8.33. The molecule has 2 aromatic rings. The number of nitrogens with two attached hydrogens (primary N) is 1. The van der Waals surface area contributed by atoms with Crippen molar-refractivity contribution in [2.24, 2.45) is 0 Å². The third-order valence-corrected chi connectivity index (χ3v) is 3.25. The van der Waals surface area contributed by atoms with Gasteiger partial charge in [-0.3, -0.25) is 4.90 Å². The normalized spacial score (nSPS) is 17.6. The van der Waals surface area contributed by atoms with E-state index < -0.39 is 0 Å². The second-order valence-corrected chi connectivity index (χ2v) is 4.49. The number of morpholine rings is 1. The fourth-order valence-corrected chi connectivity index (χ4v) is 2.32. The topological polar surface area (TPSA) is 54.3 Å².